The van der Waals surface area contributed by atoms with Crippen molar-refractivity contribution in [1.82, 2.24) is 5.32 Å². The fraction of sp³-hybridized carbons (Fsp3) is 0.923. The van der Waals surface area contributed by atoms with Crippen LogP contribution in [0.15, 0.2) is 0 Å². The van der Waals surface area contributed by atoms with Crippen LogP contribution < -0.4 is 11.1 Å². The molecule has 2 fully saturated rings. The number of carbonyl (C=O) groups excluding carboxylic acids is 1. The molecule has 1 amide bonds. The van der Waals surface area contributed by atoms with Crippen molar-refractivity contribution in [3.05, 3.63) is 0 Å². The van der Waals surface area contributed by atoms with Gasteiger partial charge in [-0.05, 0) is 43.6 Å². The zero-order valence-electron chi connectivity index (χ0n) is 10.1. The van der Waals surface area contributed by atoms with Gasteiger partial charge in [0.15, 0.2) is 0 Å². The van der Waals surface area contributed by atoms with Crippen molar-refractivity contribution in [3.8, 4) is 0 Å². The highest BCUT2D eigenvalue weighted by Crippen LogP contribution is 2.39. The van der Waals surface area contributed by atoms with Crippen LogP contribution >= 0.6 is 0 Å². The molecule has 0 aromatic carbocycles. The lowest BCUT2D eigenvalue weighted by atomic mass is 9.69. The minimum atomic E-state index is 0.241. The van der Waals surface area contributed by atoms with E-state index in [1.807, 2.05) is 0 Å². The first-order valence-electron chi connectivity index (χ1n) is 6.71. The second-order valence-corrected chi connectivity index (χ2v) is 5.69. The smallest absolute Gasteiger partial charge is 0.220 e. The third-order valence-corrected chi connectivity index (χ3v) is 4.46. The van der Waals surface area contributed by atoms with E-state index in [4.69, 9.17) is 5.73 Å². The molecule has 0 aromatic heterocycles. The van der Waals surface area contributed by atoms with Crippen molar-refractivity contribution in [2.45, 2.75) is 51.4 Å². The average molecular weight is 224 g/mol. The molecule has 0 bridgehead atoms. The molecule has 0 unspecified atom stereocenters. The van der Waals surface area contributed by atoms with Crippen molar-refractivity contribution in [3.63, 3.8) is 0 Å². The number of hydrogen-bond donors (Lipinski definition) is 2. The fourth-order valence-electron chi connectivity index (χ4n) is 2.96. The van der Waals surface area contributed by atoms with E-state index in [0.29, 0.717) is 5.92 Å². The van der Waals surface area contributed by atoms with Crippen molar-refractivity contribution in [2.75, 3.05) is 13.1 Å². The Kier molecular flexibility index (Phi) is 3.85. The van der Waals surface area contributed by atoms with Crippen LogP contribution in [-0.4, -0.2) is 19.0 Å². The molecule has 0 spiro atoms. The molecule has 2 saturated carbocycles. The Balaban J connectivity index is 1.66. The quantitative estimate of drug-likeness (QED) is 0.748. The summed E-state index contributed by atoms with van der Waals surface area (Å²) in [6.07, 6.45) is 9.50. The van der Waals surface area contributed by atoms with E-state index in [9.17, 15) is 4.79 Å². The molecule has 3 N–H and O–H groups in total. The molecule has 0 radical (unpaired) electrons. The van der Waals surface area contributed by atoms with Crippen LogP contribution in [0.3, 0.4) is 0 Å². The summed E-state index contributed by atoms with van der Waals surface area (Å²) >= 11 is 0. The monoisotopic (exact) mass is 224 g/mol. The summed E-state index contributed by atoms with van der Waals surface area (Å²) in [4.78, 5) is 11.7. The predicted molar refractivity (Wildman–Crippen MR) is 64.9 cm³/mol. The van der Waals surface area contributed by atoms with Crippen molar-refractivity contribution in [2.24, 2.45) is 17.1 Å². The Morgan fingerprint density at radius 1 is 1.25 bits per heavy atom. The maximum atomic E-state index is 11.7. The summed E-state index contributed by atoms with van der Waals surface area (Å²) in [6, 6.07) is 0. The first-order chi connectivity index (χ1) is 7.74. The van der Waals surface area contributed by atoms with Crippen LogP contribution in [0.5, 0.6) is 0 Å². The van der Waals surface area contributed by atoms with Gasteiger partial charge in [0.05, 0.1) is 0 Å². The molecule has 2 rings (SSSR count). The zero-order valence-corrected chi connectivity index (χ0v) is 10.1. The lowest BCUT2D eigenvalue weighted by Crippen LogP contribution is -2.47. The number of nitrogens with two attached hydrogens (primary N) is 1. The Morgan fingerprint density at radius 3 is 2.44 bits per heavy atom. The van der Waals surface area contributed by atoms with Crippen molar-refractivity contribution >= 4 is 5.91 Å². The predicted octanol–water partition coefficient (Wildman–Crippen LogP) is 1.81. The van der Waals surface area contributed by atoms with Gasteiger partial charge in [-0.15, -0.1) is 0 Å². The van der Waals surface area contributed by atoms with Gasteiger partial charge in [0.2, 0.25) is 5.91 Å². The normalized spacial score (nSPS) is 24.1. The number of amides is 1. The first-order valence-corrected chi connectivity index (χ1v) is 6.71. The Morgan fingerprint density at radius 2 is 1.94 bits per heavy atom. The largest absolute Gasteiger partial charge is 0.355 e. The minimum absolute atomic E-state index is 0.241. The van der Waals surface area contributed by atoms with E-state index >= 15 is 0 Å². The van der Waals surface area contributed by atoms with E-state index in [1.54, 1.807) is 0 Å². The highest BCUT2D eigenvalue weighted by Gasteiger charge is 2.35. The summed E-state index contributed by atoms with van der Waals surface area (Å²) in [5, 5.41) is 3.08. The summed E-state index contributed by atoms with van der Waals surface area (Å²) < 4.78 is 0. The van der Waals surface area contributed by atoms with E-state index in [0.717, 1.165) is 19.5 Å². The standard InChI is InChI=1S/C13H24N2O/c14-9-13(6-3-7-13)10-15-12(16)8-11-4-1-2-5-11/h11H,1-10,14H2,(H,15,16). The van der Waals surface area contributed by atoms with Crippen LogP contribution in [0.4, 0.5) is 0 Å². The van der Waals surface area contributed by atoms with Crippen molar-refractivity contribution in [1.29, 1.82) is 0 Å². The average Bonchev–Trinajstić information content (AvgIpc) is 2.69. The highest BCUT2D eigenvalue weighted by atomic mass is 16.1. The van der Waals surface area contributed by atoms with Crippen LogP contribution in [0, 0.1) is 11.3 Å². The molecule has 92 valence electrons. The molecule has 2 aliphatic rings. The lowest BCUT2D eigenvalue weighted by molar-refractivity contribution is -0.122. The van der Waals surface area contributed by atoms with E-state index < -0.39 is 0 Å². The minimum Gasteiger partial charge on any atom is -0.355 e. The molecular weight excluding hydrogens is 200 g/mol. The van der Waals surface area contributed by atoms with Gasteiger partial charge in [-0.3, -0.25) is 4.79 Å². The first kappa shape index (κ1) is 11.9. The number of carbonyl (C=O) groups is 1. The van der Waals surface area contributed by atoms with Gasteiger partial charge >= 0.3 is 0 Å². The van der Waals surface area contributed by atoms with E-state index in [-0.39, 0.29) is 11.3 Å². The Bertz CT molecular complexity index is 237. The fourth-order valence-corrected chi connectivity index (χ4v) is 2.96. The van der Waals surface area contributed by atoms with Gasteiger partial charge in [-0.25, -0.2) is 0 Å². The van der Waals surface area contributed by atoms with E-state index in [1.165, 1.54) is 44.9 Å². The van der Waals surface area contributed by atoms with Crippen LogP contribution in [0.25, 0.3) is 0 Å². The van der Waals surface area contributed by atoms with E-state index in [2.05, 4.69) is 5.32 Å². The molecule has 0 saturated heterocycles. The molecule has 3 nitrogen and oxygen atoms in total. The number of rotatable bonds is 5. The molecule has 2 aliphatic carbocycles. The maximum absolute atomic E-state index is 11.7. The summed E-state index contributed by atoms with van der Waals surface area (Å²) in [6.45, 7) is 1.52. The molecule has 0 aromatic rings. The maximum Gasteiger partial charge on any atom is 0.220 e. The third-order valence-electron chi connectivity index (χ3n) is 4.46. The Hall–Kier alpha value is -0.570. The highest BCUT2D eigenvalue weighted by molar-refractivity contribution is 5.76. The summed E-state index contributed by atoms with van der Waals surface area (Å²) in [5.74, 6) is 0.891. The van der Waals surface area contributed by atoms with Gasteiger partial charge in [-0.2, -0.15) is 0 Å². The molecule has 0 heterocycles. The Labute approximate surface area is 98.2 Å². The molecular formula is C13H24N2O. The van der Waals surface area contributed by atoms with Crippen LogP contribution in [-0.2, 0) is 4.79 Å². The second kappa shape index (κ2) is 5.17. The topological polar surface area (TPSA) is 55.1 Å². The zero-order chi connectivity index (χ0) is 11.4. The van der Waals surface area contributed by atoms with Crippen LogP contribution in [0.1, 0.15) is 51.4 Å². The van der Waals surface area contributed by atoms with Gasteiger partial charge in [-0.1, -0.05) is 19.3 Å². The SMILES string of the molecule is NCC1(CNC(=O)CC2CCCC2)CCC1. The third kappa shape index (κ3) is 2.76. The van der Waals surface area contributed by atoms with Gasteiger partial charge < -0.3 is 11.1 Å². The summed E-state index contributed by atoms with van der Waals surface area (Å²) in [5.41, 5.74) is 6.01. The van der Waals surface area contributed by atoms with Gasteiger partial charge in [0.1, 0.15) is 0 Å². The second-order valence-electron chi connectivity index (χ2n) is 5.69. The molecule has 0 atom stereocenters. The molecule has 16 heavy (non-hydrogen) atoms. The van der Waals surface area contributed by atoms with Crippen LogP contribution in [0.2, 0.25) is 0 Å². The molecule has 3 heteroatoms. The number of nitrogens with one attached hydrogen (secondary N) is 1. The van der Waals surface area contributed by atoms with Crippen molar-refractivity contribution < 1.29 is 4.79 Å². The van der Waals surface area contributed by atoms with Gasteiger partial charge in [0, 0.05) is 13.0 Å². The molecule has 0 aliphatic heterocycles. The van der Waals surface area contributed by atoms with Gasteiger partial charge in [0.25, 0.3) is 0 Å². The lowest BCUT2D eigenvalue weighted by Gasteiger charge is -2.41. The number of hydrogen-bond acceptors (Lipinski definition) is 2. The summed E-state index contributed by atoms with van der Waals surface area (Å²) in [7, 11) is 0.